The van der Waals surface area contributed by atoms with Crippen molar-refractivity contribution in [3.63, 3.8) is 0 Å². The average molecular weight is 573 g/mol. The number of rotatable bonds is 5. The monoisotopic (exact) mass is 572 g/mol. The van der Waals surface area contributed by atoms with Gasteiger partial charge < -0.3 is 9.80 Å². The fourth-order valence-corrected chi connectivity index (χ4v) is 8.00. The van der Waals surface area contributed by atoms with Gasteiger partial charge in [0.1, 0.15) is 5.82 Å². The molecule has 4 nitrogen and oxygen atoms in total. The van der Waals surface area contributed by atoms with E-state index >= 15 is 0 Å². The molecule has 2 aromatic heterocycles. The summed E-state index contributed by atoms with van der Waals surface area (Å²) >= 11 is 1.78. The molecular formula is C34H44N4S2. The minimum Gasteiger partial charge on any atom is -0.364 e. The zero-order valence-electron chi connectivity index (χ0n) is 24.9. The van der Waals surface area contributed by atoms with E-state index in [1.165, 1.54) is 63.5 Å². The number of hydrogen-bond donors (Lipinski definition) is 0. The molecule has 0 radical (unpaired) electrons. The summed E-state index contributed by atoms with van der Waals surface area (Å²) in [5.41, 5.74) is 8.51. The van der Waals surface area contributed by atoms with Crippen molar-refractivity contribution < 1.29 is 0 Å². The second-order valence-corrected chi connectivity index (χ2v) is 16.1. The molecule has 0 bridgehead atoms. The molecule has 2 aliphatic heterocycles. The Bertz CT molecular complexity index is 1560. The molecule has 1 aromatic carbocycles. The molecule has 1 aliphatic carbocycles. The second-order valence-electron chi connectivity index (χ2n) is 11.9. The number of pyridine rings is 1. The number of nitrogens with zero attached hydrogens (tertiary/aromatic N) is 4. The summed E-state index contributed by atoms with van der Waals surface area (Å²) in [6, 6.07) is 11.4. The molecule has 40 heavy (non-hydrogen) atoms. The SMILES string of the molecule is C=C1CCCCN1c1cccc(C)n1.C=C1c2c(cc(-c3sc(C)nc3C)cc2S(=C)(=C)C)CN1C(C)C1CC1. The van der Waals surface area contributed by atoms with Crippen molar-refractivity contribution in [2.24, 2.45) is 5.92 Å². The van der Waals surface area contributed by atoms with Gasteiger partial charge >= 0.3 is 0 Å². The Morgan fingerprint density at radius 2 is 1.80 bits per heavy atom. The summed E-state index contributed by atoms with van der Waals surface area (Å²) in [4.78, 5) is 16.4. The van der Waals surface area contributed by atoms with Gasteiger partial charge in [-0.2, -0.15) is 9.21 Å². The molecule has 2 fully saturated rings. The Kier molecular flexibility index (Phi) is 8.04. The third kappa shape index (κ3) is 5.94. The summed E-state index contributed by atoms with van der Waals surface area (Å²) in [6.45, 7) is 19.1. The van der Waals surface area contributed by atoms with Crippen molar-refractivity contribution in [1.29, 1.82) is 0 Å². The molecule has 1 atom stereocenters. The van der Waals surface area contributed by atoms with Crippen LogP contribution < -0.4 is 4.90 Å². The van der Waals surface area contributed by atoms with Crippen LogP contribution in [0, 0.1) is 26.7 Å². The first-order chi connectivity index (χ1) is 18.9. The number of anilines is 1. The smallest absolute Gasteiger partial charge is 0.132 e. The molecule has 1 saturated carbocycles. The zero-order chi connectivity index (χ0) is 28.8. The third-order valence-electron chi connectivity index (χ3n) is 8.28. The van der Waals surface area contributed by atoms with Crippen LogP contribution >= 0.6 is 20.5 Å². The number of piperidine rings is 1. The first kappa shape index (κ1) is 28.7. The van der Waals surface area contributed by atoms with Crippen LogP contribution in [0.25, 0.3) is 16.1 Å². The number of aryl methyl sites for hydroxylation is 3. The third-order valence-corrected chi connectivity index (χ3v) is 10.8. The van der Waals surface area contributed by atoms with Crippen LogP contribution in [0.5, 0.6) is 0 Å². The fraction of sp³-hybridized carbons (Fsp3) is 0.412. The molecule has 0 amide bonds. The molecule has 6 heteroatoms. The van der Waals surface area contributed by atoms with E-state index in [9.17, 15) is 0 Å². The van der Waals surface area contributed by atoms with Crippen LogP contribution in [0.4, 0.5) is 5.82 Å². The number of allylic oxidation sites excluding steroid dienone is 1. The Balaban J connectivity index is 0.000000194. The first-order valence-electron chi connectivity index (χ1n) is 14.3. The molecule has 0 N–H and O–H groups in total. The quantitative estimate of drug-likeness (QED) is 0.287. The van der Waals surface area contributed by atoms with Crippen LogP contribution in [-0.2, 0) is 6.54 Å². The van der Waals surface area contributed by atoms with E-state index in [2.05, 4.69) is 96.0 Å². The van der Waals surface area contributed by atoms with Gasteiger partial charge in [0, 0.05) is 46.7 Å². The summed E-state index contributed by atoms with van der Waals surface area (Å²) < 4.78 is 0. The van der Waals surface area contributed by atoms with Gasteiger partial charge in [-0.05, 0) is 107 Å². The highest BCUT2D eigenvalue weighted by atomic mass is 32.2. The average Bonchev–Trinajstić information content (AvgIpc) is 3.62. The number of aromatic nitrogens is 2. The second kappa shape index (κ2) is 11.2. The highest BCUT2D eigenvalue weighted by molar-refractivity contribution is 8.27. The topological polar surface area (TPSA) is 32.3 Å². The van der Waals surface area contributed by atoms with Crippen molar-refractivity contribution in [2.75, 3.05) is 17.7 Å². The highest BCUT2D eigenvalue weighted by Crippen LogP contribution is 2.48. The van der Waals surface area contributed by atoms with Crippen LogP contribution in [0.2, 0.25) is 0 Å². The summed E-state index contributed by atoms with van der Waals surface area (Å²) in [5.74, 6) is 10.7. The van der Waals surface area contributed by atoms with Crippen LogP contribution in [0.15, 0.2) is 54.1 Å². The van der Waals surface area contributed by atoms with Crippen molar-refractivity contribution >= 4 is 43.8 Å². The molecule has 1 unspecified atom stereocenters. The lowest BCUT2D eigenvalue weighted by Crippen LogP contribution is -2.28. The summed E-state index contributed by atoms with van der Waals surface area (Å²) in [6.07, 6.45) is 8.50. The van der Waals surface area contributed by atoms with Gasteiger partial charge in [0.15, 0.2) is 0 Å². The van der Waals surface area contributed by atoms with Gasteiger partial charge in [-0.15, -0.1) is 11.3 Å². The van der Waals surface area contributed by atoms with Gasteiger partial charge in [0.05, 0.1) is 15.6 Å². The van der Waals surface area contributed by atoms with Crippen LogP contribution in [-0.4, -0.2) is 45.5 Å². The van der Waals surface area contributed by atoms with Crippen LogP contribution in [0.3, 0.4) is 0 Å². The normalized spacial score (nSPS) is 17.9. The zero-order valence-corrected chi connectivity index (χ0v) is 26.6. The molecule has 3 aromatic rings. The summed E-state index contributed by atoms with van der Waals surface area (Å²) in [5, 5.41) is 1.12. The highest BCUT2D eigenvalue weighted by Gasteiger charge is 2.37. The van der Waals surface area contributed by atoms with Gasteiger partial charge in [0.2, 0.25) is 0 Å². The predicted molar refractivity (Wildman–Crippen MR) is 179 cm³/mol. The molecular weight excluding hydrogens is 529 g/mol. The van der Waals surface area contributed by atoms with E-state index in [1.807, 2.05) is 13.0 Å². The maximum atomic E-state index is 4.63. The van der Waals surface area contributed by atoms with Gasteiger partial charge in [-0.3, -0.25) is 0 Å². The number of fused-ring (bicyclic) bond motifs is 1. The lowest BCUT2D eigenvalue weighted by Gasteiger charge is -2.30. The Hall–Kier alpha value is -2.83. The molecule has 3 aliphatic rings. The lowest BCUT2D eigenvalue weighted by molar-refractivity contribution is 0.290. The van der Waals surface area contributed by atoms with E-state index < -0.39 is 9.21 Å². The fourth-order valence-electron chi connectivity index (χ4n) is 5.94. The Morgan fingerprint density at radius 1 is 1.05 bits per heavy atom. The summed E-state index contributed by atoms with van der Waals surface area (Å²) in [7, 11) is -1.35. The maximum Gasteiger partial charge on any atom is 0.132 e. The molecule has 0 spiro atoms. The minimum atomic E-state index is -1.35. The maximum absolute atomic E-state index is 4.63. The molecule has 6 rings (SSSR count). The van der Waals surface area contributed by atoms with E-state index in [0.717, 1.165) is 47.6 Å². The van der Waals surface area contributed by atoms with E-state index in [1.54, 1.807) is 11.3 Å². The van der Waals surface area contributed by atoms with Gasteiger partial charge in [0.25, 0.3) is 0 Å². The predicted octanol–water partition coefficient (Wildman–Crippen LogP) is 8.56. The lowest BCUT2D eigenvalue weighted by atomic mass is 10.0. The molecule has 1 saturated heterocycles. The van der Waals surface area contributed by atoms with Crippen molar-refractivity contribution in [2.45, 2.75) is 77.3 Å². The first-order valence-corrected chi connectivity index (χ1v) is 17.5. The number of thiazole rings is 1. The minimum absolute atomic E-state index is 0.564. The number of benzene rings is 1. The van der Waals surface area contributed by atoms with Crippen molar-refractivity contribution in [1.82, 2.24) is 14.9 Å². The Morgan fingerprint density at radius 3 is 2.40 bits per heavy atom. The van der Waals surface area contributed by atoms with E-state index in [-0.39, 0.29) is 0 Å². The van der Waals surface area contributed by atoms with Crippen molar-refractivity contribution in [3.8, 4) is 10.4 Å². The van der Waals surface area contributed by atoms with E-state index in [0.29, 0.717) is 6.04 Å². The standard InChI is InChI=1S/C22H28N2S2.C12H16N2/c1-13-22(25-16(4)23-13)18-10-19-12-24(14(2)17-8-9-17)15(3)21(19)20(11-18)26(5,6)7;1-10-6-5-8-12(13-10)14-9-4-3-7-11(14)2/h10-11,14,17H,3,5-6,8-9,12H2,1-2,4,7H3;5-6,8H,2-4,7,9H2,1H3. The molecule has 4 heterocycles. The van der Waals surface area contributed by atoms with Gasteiger partial charge in [-0.25, -0.2) is 9.97 Å². The largest absolute Gasteiger partial charge is 0.364 e. The molecule has 212 valence electrons. The Labute approximate surface area is 246 Å². The van der Waals surface area contributed by atoms with E-state index in [4.69, 9.17) is 0 Å². The van der Waals surface area contributed by atoms with Gasteiger partial charge in [-0.1, -0.05) is 31.0 Å². The van der Waals surface area contributed by atoms with Crippen LogP contribution in [0.1, 0.15) is 66.6 Å². The number of hydrogen-bond acceptors (Lipinski definition) is 5. The van der Waals surface area contributed by atoms with Crippen molar-refractivity contribution in [3.05, 3.63) is 76.7 Å².